The molecule has 1 atom stereocenters. The molecule has 2 amide bonds. The maximum Gasteiger partial charge on any atom is 0.227 e. The molecule has 10 rings (SSSR count). The molecule has 5 aliphatic heterocycles. The van der Waals surface area contributed by atoms with Crippen LogP contribution in [0, 0.1) is 13.8 Å². The standard InChI is InChI=1S/C40H40N4O5/c1-26-35(27(2)44(42-26)31-7-4-3-5-8-31)25-39(47)43-21-19-30-24-33-15-16-34(30)40(43)29-11-13-32(14-12-29)48-22-6-20-41-38(46)18-10-28-9-17-36(45)37(23-28)49-33/h3-5,7-9,11-17,23-24,40,45H,6,10,18-22,25H2,1-2H3,(H,41,46). The summed E-state index contributed by atoms with van der Waals surface area (Å²) in [7, 11) is 0. The van der Waals surface area contributed by atoms with Crippen LogP contribution in [0.5, 0.6) is 23.0 Å². The first-order valence-corrected chi connectivity index (χ1v) is 16.9. The number of aromatic hydroxyl groups is 1. The summed E-state index contributed by atoms with van der Waals surface area (Å²) >= 11 is 0. The molecule has 4 aromatic carbocycles. The smallest absolute Gasteiger partial charge is 0.227 e. The van der Waals surface area contributed by atoms with Gasteiger partial charge in [0.1, 0.15) is 11.5 Å². The van der Waals surface area contributed by atoms with Gasteiger partial charge in [-0.3, -0.25) is 9.59 Å². The molecular formula is C40H40N4O5. The highest BCUT2D eigenvalue weighted by molar-refractivity contribution is 5.81. The molecule has 9 heteroatoms. The van der Waals surface area contributed by atoms with E-state index in [1.54, 1.807) is 12.1 Å². The minimum absolute atomic E-state index is 0.0280. The molecule has 1 unspecified atom stereocenters. The van der Waals surface area contributed by atoms with E-state index in [4.69, 9.17) is 14.6 Å². The quantitative estimate of drug-likeness (QED) is 0.229. The van der Waals surface area contributed by atoms with Crippen molar-refractivity contribution in [2.45, 2.75) is 52.0 Å². The van der Waals surface area contributed by atoms with Gasteiger partial charge in [-0.2, -0.15) is 5.10 Å². The number of nitrogens with zero attached hydrogens (tertiary/aromatic N) is 3. The van der Waals surface area contributed by atoms with Crippen molar-refractivity contribution in [2.75, 3.05) is 19.7 Å². The van der Waals surface area contributed by atoms with Crippen molar-refractivity contribution in [3.05, 3.63) is 130 Å². The third-order valence-electron chi connectivity index (χ3n) is 9.43. The van der Waals surface area contributed by atoms with Crippen molar-refractivity contribution in [3.63, 3.8) is 0 Å². The average molecular weight is 657 g/mol. The Labute approximate surface area is 286 Å². The van der Waals surface area contributed by atoms with Crippen LogP contribution < -0.4 is 14.8 Å². The molecule has 0 saturated carbocycles. The highest BCUT2D eigenvalue weighted by Gasteiger charge is 2.33. The predicted molar refractivity (Wildman–Crippen MR) is 187 cm³/mol. The first-order valence-electron chi connectivity index (χ1n) is 16.9. The van der Waals surface area contributed by atoms with Gasteiger partial charge in [-0.15, -0.1) is 0 Å². The molecular weight excluding hydrogens is 616 g/mol. The number of phenols is 1. The zero-order chi connectivity index (χ0) is 33.9. The molecule has 5 aromatic rings. The number of aromatic nitrogens is 2. The molecule has 0 spiro atoms. The summed E-state index contributed by atoms with van der Waals surface area (Å²) in [5, 5.41) is 18.3. The second kappa shape index (κ2) is 13.9. The first-order chi connectivity index (χ1) is 23.8. The van der Waals surface area contributed by atoms with Gasteiger partial charge in [0, 0.05) is 30.8 Å². The van der Waals surface area contributed by atoms with Crippen LogP contribution in [0.15, 0.2) is 91.0 Å². The van der Waals surface area contributed by atoms with E-state index in [-0.39, 0.29) is 30.0 Å². The lowest BCUT2D eigenvalue weighted by Gasteiger charge is -2.38. The van der Waals surface area contributed by atoms with Gasteiger partial charge in [0.05, 0.1) is 30.5 Å². The van der Waals surface area contributed by atoms with Gasteiger partial charge in [-0.25, -0.2) is 4.68 Å². The van der Waals surface area contributed by atoms with E-state index >= 15 is 0 Å². The van der Waals surface area contributed by atoms with Gasteiger partial charge >= 0.3 is 0 Å². The Kier molecular flexibility index (Phi) is 9.07. The number of ether oxygens (including phenoxy) is 2. The van der Waals surface area contributed by atoms with Crippen LogP contribution in [-0.4, -0.2) is 51.3 Å². The van der Waals surface area contributed by atoms with Crippen LogP contribution in [0.3, 0.4) is 0 Å². The lowest BCUT2D eigenvalue weighted by molar-refractivity contribution is -0.132. The summed E-state index contributed by atoms with van der Waals surface area (Å²) in [6.07, 6.45) is 2.41. The number of aryl methyl sites for hydroxylation is 2. The number of hydrogen-bond donors (Lipinski definition) is 2. The molecule has 5 aliphatic rings. The van der Waals surface area contributed by atoms with Gasteiger partial charge < -0.3 is 24.8 Å². The second-order valence-electron chi connectivity index (χ2n) is 12.7. The van der Waals surface area contributed by atoms with Crippen LogP contribution in [0.25, 0.3) is 5.69 Å². The van der Waals surface area contributed by atoms with Crippen molar-refractivity contribution in [1.82, 2.24) is 20.0 Å². The van der Waals surface area contributed by atoms with Gasteiger partial charge in [0.25, 0.3) is 0 Å². The number of phenolic OH excluding ortho intramolecular Hbond substituents is 1. The largest absolute Gasteiger partial charge is 0.504 e. The van der Waals surface area contributed by atoms with E-state index in [9.17, 15) is 14.7 Å². The summed E-state index contributed by atoms with van der Waals surface area (Å²) in [6.45, 7) is 5.49. The van der Waals surface area contributed by atoms with Crippen molar-refractivity contribution in [1.29, 1.82) is 0 Å². The Morgan fingerprint density at radius 3 is 2.55 bits per heavy atom. The third kappa shape index (κ3) is 6.88. The van der Waals surface area contributed by atoms with E-state index in [0.29, 0.717) is 56.9 Å². The summed E-state index contributed by atoms with van der Waals surface area (Å²) in [6, 6.07) is 28.7. The van der Waals surface area contributed by atoms with E-state index in [2.05, 4.69) is 5.32 Å². The zero-order valence-corrected chi connectivity index (χ0v) is 27.8. The van der Waals surface area contributed by atoms with Gasteiger partial charge in [0.2, 0.25) is 11.8 Å². The number of carbonyl (C=O) groups excluding carboxylic acids is 2. The number of para-hydroxylation sites is 1. The molecule has 2 N–H and O–H groups in total. The fourth-order valence-electron chi connectivity index (χ4n) is 6.80. The fraction of sp³-hybridized carbons (Fsp3) is 0.275. The molecule has 0 saturated heterocycles. The normalized spacial score (nSPS) is 16.3. The molecule has 0 aliphatic carbocycles. The van der Waals surface area contributed by atoms with Crippen LogP contribution in [0.2, 0.25) is 0 Å². The van der Waals surface area contributed by atoms with Crippen LogP contribution in [0.4, 0.5) is 0 Å². The molecule has 9 nitrogen and oxygen atoms in total. The number of carbonyl (C=O) groups is 2. The average Bonchev–Trinajstić information content (AvgIpc) is 3.40. The topological polar surface area (TPSA) is 106 Å². The predicted octanol–water partition coefficient (Wildman–Crippen LogP) is 6.54. The maximum atomic E-state index is 14.3. The maximum absolute atomic E-state index is 14.3. The summed E-state index contributed by atoms with van der Waals surface area (Å²) < 4.78 is 14.1. The Morgan fingerprint density at radius 1 is 0.939 bits per heavy atom. The highest BCUT2D eigenvalue weighted by Crippen LogP contribution is 2.40. The van der Waals surface area contributed by atoms with Gasteiger partial charge in [0.15, 0.2) is 11.5 Å². The first kappa shape index (κ1) is 32.0. The number of rotatable bonds is 3. The summed E-state index contributed by atoms with van der Waals surface area (Å²) in [5.41, 5.74) is 7.68. The molecule has 250 valence electrons. The fourth-order valence-corrected chi connectivity index (χ4v) is 6.80. The summed E-state index contributed by atoms with van der Waals surface area (Å²) in [4.78, 5) is 28.7. The zero-order valence-electron chi connectivity index (χ0n) is 27.8. The number of hydrogen-bond acceptors (Lipinski definition) is 6. The SMILES string of the molecule is Cc1nn(-c2ccccc2)c(C)c1CC(=O)N1CCc2cc3ccc2C1c1ccc(cc1)OCCCNC(=O)CCc1ccc(O)c(c1)O3. The Hall–Kier alpha value is -5.57. The summed E-state index contributed by atoms with van der Waals surface area (Å²) in [5.74, 6) is 1.69. The molecule has 6 heterocycles. The molecule has 0 radical (unpaired) electrons. The minimum atomic E-state index is -0.315. The Balaban J connectivity index is 1.22. The van der Waals surface area contributed by atoms with Crippen molar-refractivity contribution >= 4 is 11.8 Å². The van der Waals surface area contributed by atoms with Gasteiger partial charge in [-0.1, -0.05) is 42.5 Å². The van der Waals surface area contributed by atoms with Crippen molar-refractivity contribution in [3.8, 4) is 28.7 Å². The molecule has 8 bridgehead atoms. The number of benzene rings is 4. The van der Waals surface area contributed by atoms with Crippen molar-refractivity contribution in [2.24, 2.45) is 0 Å². The third-order valence-corrected chi connectivity index (χ3v) is 9.43. The minimum Gasteiger partial charge on any atom is -0.504 e. The second-order valence-corrected chi connectivity index (χ2v) is 12.7. The molecule has 0 fully saturated rings. The van der Waals surface area contributed by atoms with E-state index in [1.807, 2.05) is 102 Å². The van der Waals surface area contributed by atoms with E-state index in [0.717, 1.165) is 50.6 Å². The Bertz CT molecular complexity index is 1990. The number of amides is 2. The van der Waals surface area contributed by atoms with Crippen LogP contribution in [-0.2, 0) is 28.9 Å². The molecule has 49 heavy (non-hydrogen) atoms. The van der Waals surface area contributed by atoms with Crippen LogP contribution >= 0.6 is 0 Å². The molecule has 1 aromatic heterocycles. The number of nitrogens with one attached hydrogen (secondary N) is 1. The van der Waals surface area contributed by atoms with E-state index in [1.165, 1.54) is 0 Å². The lowest BCUT2D eigenvalue weighted by atomic mass is 9.87. The van der Waals surface area contributed by atoms with Crippen LogP contribution in [0.1, 0.15) is 58.1 Å². The van der Waals surface area contributed by atoms with Crippen molar-refractivity contribution < 1.29 is 24.2 Å². The monoisotopic (exact) mass is 656 g/mol. The Morgan fingerprint density at radius 2 is 1.73 bits per heavy atom. The van der Waals surface area contributed by atoms with Gasteiger partial charge in [-0.05, 0) is 104 Å². The lowest BCUT2D eigenvalue weighted by Crippen LogP contribution is -2.41. The highest BCUT2D eigenvalue weighted by atomic mass is 16.5. The van der Waals surface area contributed by atoms with E-state index < -0.39 is 0 Å².